The molecule has 0 fully saturated rings. The minimum Gasteiger partial charge on any atom is -0.507 e. The van der Waals surface area contributed by atoms with Crippen molar-refractivity contribution in [3.05, 3.63) is 77.4 Å². The second-order valence-electron chi connectivity index (χ2n) is 6.95. The van der Waals surface area contributed by atoms with Crippen molar-refractivity contribution in [1.82, 2.24) is 0 Å². The van der Waals surface area contributed by atoms with E-state index in [2.05, 4.69) is 57.2 Å². The van der Waals surface area contributed by atoms with Crippen LogP contribution < -0.4 is 0 Å². The van der Waals surface area contributed by atoms with Crippen molar-refractivity contribution in [2.24, 2.45) is 0 Å². The number of aryl methyl sites for hydroxylation is 1. The summed E-state index contributed by atoms with van der Waals surface area (Å²) in [7, 11) is 0. The molecule has 114 valence electrons. The van der Waals surface area contributed by atoms with E-state index in [4.69, 9.17) is 0 Å². The van der Waals surface area contributed by atoms with Crippen LogP contribution in [0, 0.1) is 6.92 Å². The lowest BCUT2D eigenvalue weighted by molar-refractivity contribution is 0.477. The molecule has 0 spiro atoms. The molecule has 0 aromatic heterocycles. The Morgan fingerprint density at radius 3 is 2.13 bits per heavy atom. The van der Waals surface area contributed by atoms with Gasteiger partial charge in [-0.3, -0.25) is 0 Å². The van der Waals surface area contributed by atoms with Gasteiger partial charge in [-0.25, -0.2) is 0 Å². The highest BCUT2D eigenvalue weighted by Gasteiger charge is 2.35. The second kappa shape index (κ2) is 4.73. The van der Waals surface area contributed by atoms with E-state index in [0.717, 1.165) is 11.1 Å². The number of hydrogen-bond donors (Lipinski definition) is 1. The summed E-state index contributed by atoms with van der Waals surface area (Å²) in [6, 6.07) is 20.8. The standard InChI is InChI=1S/C22H20O/c1-14-8-10-19-17(12-14)18-13-15(9-11-20(18)22(19,2)3)16-6-4-5-7-21(16)23/h4-13,23H,1-3H3. The lowest BCUT2D eigenvalue weighted by Crippen LogP contribution is -2.14. The van der Waals surface area contributed by atoms with Crippen molar-refractivity contribution < 1.29 is 5.11 Å². The van der Waals surface area contributed by atoms with E-state index in [1.54, 1.807) is 6.07 Å². The normalized spacial score (nSPS) is 14.4. The van der Waals surface area contributed by atoms with Crippen LogP contribution in [0.1, 0.15) is 30.5 Å². The van der Waals surface area contributed by atoms with Gasteiger partial charge >= 0.3 is 0 Å². The quantitative estimate of drug-likeness (QED) is 0.613. The molecule has 1 aliphatic carbocycles. The van der Waals surface area contributed by atoms with Crippen LogP contribution >= 0.6 is 0 Å². The van der Waals surface area contributed by atoms with Crippen LogP contribution in [0.2, 0.25) is 0 Å². The van der Waals surface area contributed by atoms with Gasteiger partial charge < -0.3 is 5.11 Å². The molecule has 0 saturated carbocycles. The van der Waals surface area contributed by atoms with Gasteiger partial charge in [0.2, 0.25) is 0 Å². The van der Waals surface area contributed by atoms with E-state index >= 15 is 0 Å². The van der Waals surface area contributed by atoms with Gasteiger partial charge in [-0.15, -0.1) is 0 Å². The van der Waals surface area contributed by atoms with Crippen molar-refractivity contribution in [3.63, 3.8) is 0 Å². The molecule has 0 saturated heterocycles. The molecule has 0 amide bonds. The van der Waals surface area contributed by atoms with Crippen LogP contribution in [-0.4, -0.2) is 5.11 Å². The fourth-order valence-corrected chi connectivity index (χ4v) is 3.77. The number of fused-ring (bicyclic) bond motifs is 3. The molecule has 1 N–H and O–H groups in total. The maximum Gasteiger partial charge on any atom is 0.123 e. The highest BCUT2D eigenvalue weighted by molar-refractivity contribution is 5.85. The zero-order chi connectivity index (χ0) is 16.2. The van der Waals surface area contributed by atoms with E-state index < -0.39 is 0 Å². The van der Waals surface area contributed by atoms with E-state index in [1.165, 1.54) is 27.8 Å². The van der Waals surface area contributed by atoms with Crippen molar-refractivity contribution in [3.8, 4) is 28.0 Å². The predicted molar refractivity (Wildman–Crippen MR) is 95.8 cm³/mol. The SMILES string of the molecule is Cc1ccc2c(c1)-c1cc(-c3ccccc3O)ccc1C2(C)C. The number of phenolic OH excluding ortho intramolecular Hbond substituents is 1. The molecule has 0 unspecified atom stereocenters. The first-order valence-corrected chi connectivity index (χ1v) is 8.03. The summed E-state index contributed by atoms with van der Waals surface area (Å²) in [6.07, 6.45) is 0. The van der Waals surface area contributed by atoms with Gasteiger partial charge in [0.15, 0.2) is 0 Å². The summed E-state index contributed by atoms with van der Waals surface area (Å²) in [5, 5.41) is 10.2. The summed E-state index contributed by atoms with van der Waals surface area (Å²) in [5.74, 6) is 0.328. The zero-order valence-electron chi connectivity index (χ0n) is 13.7. The number of hydrogen-bond acceptors (Lipinski definition) is 1. The zero-order valence-corrected chi connectivity index (χ0v) is 13.7. The number of para-hydroxylation sites is 1. The first-order chi connectivity index (χ1) is 11.0. The van der Waals surface area contributed by atoms with Crippen molar-refractivity contribution >= 4 is 0 Å². The van der Waals surface area contributed by atoms with Gasteiger partial charge in [0.25, 0.3) is 0 Å². The Kier molecular flexibility index (Phi) is 2.89. The van der Waals surface area contributed by atoms with Crippen molar-refractivity contribution in [1.29, 1.82) is 0 Å². The molecule has 0 aliphatic heterocycles. The average Bonchev–Trinajstić information content (AvgIpc) is 2.75. The molecule has 1 heteroatoms. The third-order valence-corrected chi connectivity index (χ3v) is 5.05. The van der Waals surface area contributed by atoms with Crippen molar-refractivity contribution in [2.75, 3.05) is 0 Å². The van der Waals surface area contributed by atoms with Crippen LogP contribution in [0.5, 0.6) is 5.75 Å². The van der Waals surface area contributed by atoms with Gasteiger partial charge in [-0.05, 0) is 46.9 Å². The second-order valence-corrected chi connectivity index (χ2v) is 6.95. The van der Waals surface area contributed by atoms with E-state index in [-0.39, 0.29) is 5.41 Å². The fraction of sp³-hybridized carbons (Fsp3) is 0.182. The first kappa shape index (κ1) is 14.1. The predicted octanol–water partition coefficient (Wildman–Crippen LogP) is 5.67. The number of benzene rings is 3. The van der Waals surface area contributed by atoms with Crippen LogP contribution in [0.3, 0.4) is 0 Å². The molecule has 1 nitrogen and oxygen atoms in total. The first-order valence-electron chi connectivity index (χ1n) is 8.03. The number of aromatic hydroxyl groups is 1. The smallest absolute Gasteiger partial charge is 0.123 e. The largest absolute Gasteiger partial charge is 0.507 e. The maximum absolute atomic E-state index is 10.2. The molecular weight excluding hydrogens is 280 g/mol. The number of phenols is 1. The fourth-order valence-electron chi connectivity index (χ4n) is 3.77. The lowest BCUT2D eigenvalue weighted by Gasteiger charge is -2.21. The van der Waals surface area contributed by atoms with Gasteiger partial charge in [-0.1, -0.05) is 67.9 Å². The molecule has 4 rings (SSSR count). The Hall–Kier alpha value is -2.54. The number of rotatable bonds is 1. The minimum atomic E-state index is 0.0234. The molecular formula is C22H20O. The van der Waals surface area contributed by atoms with Crippen LogP contribution in [-0.2, 0) is 5.41 Å². The average molecular weight is 300 g/mol. The third kappa shape index (κ3) is 2.00. The lowest BCUT2D eigenvalue weighted by atomic mass is 9.82. The van der Waals surface area contributed by atoms with Crippen LogP contribution in [0.4, 0.5) is 0 Å². The Labute approximate surface area is 137 Å². The third-order valence-electron chi connectivity index (χ3n) is 5.05. The molecule has 0 atom stereocenters. The van der Waals surface area contributed by atoms with E-state index in [0.29, 0.717) is 5.75 Å². The molecule has 23 heavy (non-hydrogen) atoms. The van der Waals surface area contributed by atoms with Crippen LogP contribution in [0.25, 0.3) is 22.3 Å². The Morgan fingerprint density at radius 2 is 1.39 bits per heavy atom. The van der Waals surface area contributed by atoms with E-state index in [9.17, 15) is 5.11 Å². The summed E-state index contributed by atoms with van der Waals surface area (Å²) >= 11 is 0. The molecule has 3 aromatic rings. The van der Waals surface area contributed by atoms with Gasteiger partial charge in [0, 0.05) is 11.0 Å². The summed E-state index contributed by atoms with van der Waals surface area (Å²) in [5.41, 5.74) is 8.60. The molecule has 0 heterocycles. The molecule has 3 aromatic carbocycles. The summed E-state index contributed by atoms with van der Waals surface area (Å²) in [6.45, 7) is 6.71. The highest BCUT2D eigenvalue weighted by Crippen LogP contribution is 2.50. The summed E-state index contributed by atoms with van der Waals surface area (Å²) < 4.78 is 0. The van der Waals surface area contributed by atoms with Crippen molar-refractivity contribution in [2.45, 2.75) is 26.2 Å². The summed E-state index contributed by atoms with van der Waals surface area (Å²) in [4.78, 5) is 0. The Morgan fingerprint density at radius 1 is 0.739 bits per heavy atom. The topological polar surface area (TPSA) is 20.2 Å². The minimum absolute atomic E-state index is 0.0234. The van der Waals surface area contributed by atoms with Gasteiger partial charge in [0.05, 0.1) is 0 Å². The molecule has 0 bridgehead atoms. The Balaban J connectivity index is 1.98. The maximum atomic E-state index is 10.2. The highest BCUT2D eigenvalue weighted by atomic mass is 16.3. The molecule has 0 radical (unpaired) electrons. The van der Waals surface area contributed by atoms with Gasteiger partial charge in [0.1, 0.15) is 5.75 Å². The van der Waals surface area contributed by atoms with Gasteiger partial charge in [-0.2, -0.15) is 0 Å². The van der Waals surface area contributed by atoms with Crippen LogP contribution in [0.15, 0.2) is 60.7 Å². The Bertz CT molecular complexity index is 919. The van der Waals surface area contributed by atoms with E-state index in [1.807, 2.05) is 18.2 Å². The molecule has 1 aliphatic rings. The monoisotopic (exact) mass is 300 g/mol.